The molecule has 0 saturated carbocycles. The van der Waals surface area contributed by atoms with Crippen molar-refractivity contribution in [2.45, 2.75) is 19.4 Å². The van der Waals surface area contributed by atoms with Gasteiger partial charge in [0.1, 0.15) is 13.2 Å². The zero-order chi connectivity index (χ0) is 19.4. The maximum absolute atomic E-state index is 12.4. The molecular formula is C19H22N2O6. The van der Waals surface area contributed by atoms with Crippen LogP contribution in [0.2, 0.25) is 0 Å². The van der Waals surface area contributed by atoms with Crippen LogP contribution in [0.4, 0.5) is 5.69 Å². The summed E-state index contributed by atoms with van der Waals surface area (Å²) in [6, 6.07) is 5.23. The van der Waals surface area contributed by atoms with E-state index >= 15 is 0 Å². The molecule has 3 rings (SSSR count). The molecule has 0 bridgehead atoms. The first-order valence-electron chi connectivity index (χ1n) is 8.78. The summed E-state index contributed by atoms with van der Waals surface area (Å²) in [6.07, 6.45) is 0.637. The number of ether oxygens (including phenoxy) is 3. The van der Waals surface area contributed by atoms with E-state index in [0.29, 0.717) is 36.9 Å². The van der Waals surface area contributed by atoms with Crippen LogP contribution < -0.4 is 19.7 Å². The van der Waals surface area contributed by atoms with Gasteiger partial charge < -0.3 is 24.4 Å². The number of carbonyl (C=O) groups excluding carboxylic acids is 3. The van der Waals surface area contributed by atoms with Crippen molar-refractivity contribution >= 4 is 23.5 Å². The van der Waals surface area contributed by atoms with E-state index in [4.69, 9.17) is 14.2 Å². The summed E-state index contributed by atoms with van der Waals surface area (Å²) >= 11 is 0. The third-order valence-corrected chi connectivity index (χ3v) is 4.38. The first kappa shape index (κ1) is 18.8. The molecule has 1 aromatic rings. The number of rotatable bonds is 6. The minimum absolute atomic E-state index is 0.0360. The van der Waals surface area contributed by atoms with Crippen LogP contribution in [0.3, 0.4) is 0 Å². The molecule has 2 amide bonds. The van der Waals surface area contributed by atoms with E-state index in [1.54, 1.807) is 18.2 Å². The van der Waals surface area contributed by atoms with Crippen LogP contribution in [0.25, 0.3) is 0 Å². The van der Waals surface area contributed by atoms with Gasteiger partial charge in [0.25, 0.3) is 5.91 Å². The van der Waals surface area contributed by atoms with Crippen molar-refractivity contribution in [2.24, 2.45) is 5.92 Å². The molecule has 1 saturated heterocycles. The largest absolute Gasteiger partial charge is 0.486 e. The average molecular weight is 374 g/mol. The predicted octanol–water partition coefficient (Wildman–Crippen LogP) is 1.04. The highest BCUT2D eigenvalue weighted by Crippen LogP contribution is 2.36. The molecule has 1 aromatic carbocycles. The minimum Gasteiger partial charge on any atom is -0.486 e. The molecule has 8 nitrogen and oxygen atoms in total. The summed E-state index contributed by atoms with van der Waals surface area (Å²) in [6.45, 7) is 6.42. The van der Waals surface area contributed by atoms with Gasteiger partial charge in [0.15, 0.2) is 17.6 Å². The maximum atomic E-state index is 12.4. The van der Waals surface area contributed by atoms with Crippen molar-refractivity contribution in [3.63, 3.8) is 0 Å². The fraction of sp³-hybridized carbons (Fsp3) is 0.421. The Morgan fingerprint density at radius 1 is 1.37 bits per heavy atom. The van der Waals surface area contributed by atoms with Gasteiger partial charge in [-0.05, 0) is 19.1 Å². The van der Waals surface area contributed by atoms with E-state index in [9.17, 15) is 14.4 Å². The number of hydrogen-bond acceptors (Lipinski definition) is 6. The van der Waals surface area contributed by atoms with E-state index in [0.717, 1.165) is 0 Å². The monoisotopic (exact) mass is 374 g/mol. The van der Waals surface area contributed by atoms with Gasteiger partial charge in [-0.15, -0.1) is 6.58 Å². The molecule has 144 valence electrons. The summed E-state index contributed by atoms with van der Waals surface area (Å²) in [5.74, 6) is -0.573. The van der Waals surface area contributed by atoms with Crippen molar-refractivity contribution < 1.29 is 28.6 Å². The first-order chi connectivity index (χ1) is 13.0. The summed E-state index contributed by atoms with van der Waals surface area (Å²) in [5, 5.41) is 2.56. The smallest absolute Gasteiger partial charge is 0.312 e. The predicted molar refractivity (Wildman–Crippen MR) is 96.7 cm³/mol. The fourth-order valence-corrected chi connectivity index (χ4v) is 2.96. The minimum atomic E-state index is -0.934. The lowest BCUT2D eigenvalue weighted by molar-refractivity contribution is -0.158. The molecule has 2 aliphatic heterocycles. The standard InChI is InChI=1S/C19H22N2O6/c1-3-6-20-18(23)12(2)27-19(24)13-9-17(22)21(11-13)14-4-5-15-16(10-14)26-8-7-25-15/h3-5,10,12-13H,1,6-9,11H2,2H3,(H,20,23)/t12-,13-/m0/s1. The van der Waals surface area contributed by atoms with Crippen molar-refractivity contribution in [1.82, 2.24) is 5.32 Å². The summed E-state index contributed by atoms with van der Waals surface area (Å²) < 4.78 is 16.2. The third kappa shape index (κ3) is 4.21. The Labute approximate surface area is 157 Å². The Morgan fingerprint density at radius 3 is 2.85 bits per heavy atom. The van der Waals surface area contributed by atoms with Gasteiger partial charge in [-0.2, -0.15) is 0 Å². The number of anilines is 1. The Kier molecular flexibility index (Phi) is 5.63. The van der Waals surface area contributed by atoms with Gasteiger partial charge in [0.05, 0.1) is 5.92 Å². The number of fused-ring (bicyclic) bond motifs is 1. The van der Waals surface area contributed by atoms with Crippen LogP contribution in [-0.2, 0) is 19.1 Å². The molecule has 2 atom stereocenters. The number of benzene rings is 1. The number of amides is 2. The van der Waals surface area contributed by atoms with Crippen LogP contribution in [0.1, 0.15) is 13.3 Å². The number of hydrogen-bond donors (Lipinski definition) is 1. The normalized spacial score (nSPS) is 19.4. The van der Waals surface area contributed by atoms with Crippen LogP contribution in [0.5, 0.6) is 11.5 Å². The lowest BCUT2D eigenvalue weighted by Gasteiger charge is -2.22. The molecular weight excluding hydrogens is 352 g/mol. The van der Waals surface area contributed by atoms with Gasteiger partial charge >= 0.3 is 5.97 Å². The second-order valence-corrected chi connectivity index (χ2v) is 6.35. The summed E-state index contributed by atoms with van der Waals surface area (Å²) in [4.78, 5) is 38.0. The Balaban J connectivity index is 1.62. The lowest BCUT2D eigenvalue weighted by Crippen LogP contribution is -2.37. The summed E-state index contributed by atoms with van der Waals surface area (Å²) in [7, 11) is 0. The molecule has 1 N–H and O–H groups in total. The third-order valence-electron chi connectivity index (χ3n) is 4.38. The van der Waals surface area contributed by atoms with Crippen molar-refractivity contribution in [1.29, 1.82) is 0 Å². The SMILES string of the molecule is C=CCNC(=O)[C@H](C)OC(=O)[C@H]1CC(=O)N(c2ccc3c(c2)OCCO3)C1. The van der Waals surface area contributed by atoms with Crippen LogP contribution in [-0.4, -0.2) is 50.2 Å². The molecule has 0 spiro atoms. The van der Waals surface area contributed by atoms with Gasteiger partial charge in [0, 0.05) is 31.3 Å². The van der Waals surface area contributed by atoms with Crippen LogP contribution in [0.15, 0.2) is 30.9 Å². The van der Waals surface area contributed by atoms with Crippen molar-refractivity contribution in [3.8, 4) is 11.5 Å². The van der Waals surface area contributed by atoms with Gasteiger partial charge in [-0.1, -0.05) is 6.08 Å². The molecule has 0 unspecified atom stereocenters. The highest BCUT2D eigenvalue weighted by atomic mass is 16.6. The van der Waals surface area contributed by atoms with Crippen LogP contribution in [0, 0.1) is 5.92 Å². The highest BCUT2D eigenvalue weighted by Gasteiger charge is 2.37. The highest BCUT2D eigenvalue weighted by molar-refractivity contribution is 6.00. The molecule has 0 aromatic heterocycles. The maximum Gasteiger partial charge on any atom is 0.312 e. The van der Waals surface area contributed by atoms with Gasteiger partial charge in [-0.3, -0.25) is 14.4 Å². The zero-order valence-corrected chi connectivity index (χ0v) is 15.1. The zero-order valence-electron chi connectivity index (χ0n) is 15.1. The molecule has 1 fully saturated rings. The topological polar surface area (TPSA) is 94.2 Å². The number of esters is 1. The van der Waals surface area contributed by atoms with E-state index in [2.05, 4.69) is 11.9 Å². The molecule has 0 radical (unpaired) electrons. The molecule has 0 aliphatic carbocycles. The van der Waals surface area contributed by atoms with E-state index in [1.807, 2.05) is 0 Å². The average Bonchev–Trinajstić information content (AvgIpc) is 3.07. The number of nitrogens with zero attached hydrogens (tertiary/aromatic N) is 1. The second-order valence-electron chi connectivity index (χ2n) is 6.35. The molecule has 2 heterocycles. The number of nitrogens with one attached hydrogen (secondary N) is 1. The first-order valence-corrected chi connectivity index (χ1v) is 8.78. The van der Waals surface area contributed by atoms with E-state index < -0.39 is 23.9 Å². The molecule has 2 aliphatic rings. The van der Waals surface area contributed by atoms with E-state index in [1.165, 1.54) is 17.9 Å². The Hall–Kier alpha value is -3.03. The van der Waals surface area contributed by atoms with Crippen molar-refractivity contribution in [2.75, 3.05) is 31.2 Å². The lowest BCUT2D eigenvalue weighted by atomic mass is 10.1. The van der Waals surface area contributed by atoms with Crippen LogP contribution >= 0.6 is 0 Å². The van der Waals surface area contributed by atoms with Gasteiger partial charge in [-0.25, -0.2) is 0 Å². The fourth-order valence-electron chi connectivity index (χ4n) is 2.96. The van der Waals surface area contributed by atoms with E-state index in [-0.39, 0.29) is 18.9 Å². The molecule has 8 heteroatoms. The number of carbonyl (C=O) groups is 3. The second kappa shape index (κ2) is 8.11. The summed E-state index contributed by atoms with van der Waals surface area (Å²) in [5.41, 5.74) is 0.635. The van der Waals surface area contributed by atoms with Gasteiger partial charge in [0.2, 0.25) is 5.91 Å². The Bertz CT molecular complexity index is 763. The molecule has 27 heavy (non-hydrogen) atoms. The quantitative estimate of drug-likeness (QED) is 0.591. The Morgan fingerprint density at radius 2 is 2.11 bits per heavy atom. The van der Waals surface area contributed by atoms with Crippen molar-refractivity contribution in [3.05, 3.63) is 30.9 Å².